The van der Waals surface area contributed by atoms with Gasteiger partial charge in [-0.15, -0.1) is 52.7 Å². The van der Waals surface area contributed by atoms with Crippen LogP contribution in [0.25, 0.3) is 0 Å². The number of ether oxygens (including phenoxy) is 4. The highest BCUT2D eigenvalue weighted by Gasteiger charge is 2.49. The molecule has 4 saturated heterocycles. The van der Waals surface area contributed by atoms with Crippen LogP contribution in [0.15, 0.2) is 96.2 Å². The Labute approximate surface area is 519 Å². The number of hydrogen-bond acceptors (Lipinski definition) is 16. The van der Waals surface area contributed by atoms with Crippen LogP contribution in [0.3, 0.4) is 0 Å². The summed E-state index contributed by atoms with van der Waals surface area (Å²) >= 11 is 10.1. The Bertz CT molecular complexity index is 2740. The van der Waals surface area contributed by atoms with Gasteiger partial charge in [0.1, 0.15) is 73.2 Å². The minimum Gasteiger partial charge on any atom is -0.388 e. The summed E-state index contributed by atoms with van der Waals surface area (Å²) in [5, 5.41) is 99.2. The Morgan fingerprint density at radius 3 is 1.06 bits per heavy atom. The first-order valence-electron chi connectivity index (χ1n) is 28.2. The summed E-state index contributed by atoms with van der Waals surface area (Å²) in [6.45, 7) is 27.6. The summed E-state index contributed by atoms with van der Waals surface area (Å²) in [7, 11) is 3.42. The zero-order valence-corrected chi connectivity index (χ0v) is 56.6. The molecule has 0 aromatic rings. The molecule has 8 heterocycles. The highest BCUT2D eigenvalue weighted by Crippen LogP contribution is 2.43. The fourth-order valence-corrected chi connectivity index (χ4v) is 14.3. The van der Waals surface area contributed by atoms with Crippen molar-refractivity contribution in [3.8, 4) is 0 Å². The van der Waals surface area contributed by atoms with E-state index < -0.39 is 113 Å². The van der Waals surface area contributed by atoms with Gasteiger partial charge in [0.05, 0.1) is 24.4 Å². The molecule has 28 heteroatoms. The summed E-state index contributed by atoms with van der Waals surface area (Å²) in [5.74, 6) is 0. The van der Waals surface area contributed by atoms with Crippen molar-refractivity contribution in [1.29, 1.82) is 0 Å². The first-order chi connectivity index (χ1) is 39.6. The van der Waals surface area contributed by atoms with Crippen LogP contribution >= 0.6 is 52.0 Å². The van der Waals surface area contributed by atoms with Gasteiger partial charge in [0.15, 0.2) is 10.2 Å². The lowest BCUT2D eigenvalue weighted by Crippen LogP contribution is -2.42. The maximum Gasteiger partial charge on any atom is 0.325 e. The van der Waals surface area contributed by atoms with Crippen molar-refractivity contribution < 1.29 is 69.4 Å². The molecular weight excluding hydrogens is 1220 g/mol. The van der Waals surface area contributed by atoms with Crippen LogP contribution < -0.4 is 31.9 Å². The third-order valence-corrected chi connectivity index (χ3v) is 21.7. The standard InChI is InChI=1S/C15H25N2O4P.C15H25N2O3PS.C14H23N2O4P.C14H23N2O3PS/c1-9-10(8-17(2)15(20)16-9)14-13(19)12(18)11(21-14)6-7-22(3,4)5;1-9-10(8-17(2)15(22)16-9)14-13(19)12(18)11(20-14)6-7-21(3,4)5;1-8-9(7-15-14(19)16-8)13-12(18)11(17)10(20-13)5-6-21(2,3)4;1-8-9(7-15-14(21)16-8)13-12(18)11(17)10(19-13)5-6-20(2,3)4/h8,11-14,18-19H,1,3,6-7H2,2,4-5H3,(H,16,20);8,11-14,18-19H,1,3,6-7H2,2,4-5H3,(H,16,22);7,10-13,17-18H,1-2,5-6H2,3-4H3,(H2,15,16,19);7,10-13,17-18H,1-2,5-6H2,3-4H3,(H2,15,16,21)/t2*11-,12-,13-,14?;2*10-,11-,12-,13?/m1111/s1. The molecule has 0 aromatic carbocycles. The normalized spacial score (nSPS) is 33.2. The SMILES string of the molecule is C=C1NC(=O)N(C)C=C1C1O[C@H](CCP(=C)(C)C)[C@@H](O)[C@H]1O.C=C1NC(=O)NC=C1C1O[C@H](CCP(=C)(C)C)[C@@H](O)[C@H]1O.C=C1NC(=S)N(C)C=C1C1O[C@H](CCP(=C)(C)C)[C@@H](O)[C@H]1O.C=C1NC(=S)NC=C1C1O[C@H](CCP(=C)(C)C)[C@@H](O)[C@H]1O. The molecular formula is C58H96N8O14P4S2. The van der Waals surface area contributed by atoms with E-state index in [-0.39, 0.29) is 24.3 Å². The number of nitrogens with one attached hydrogen (secondary N) is 6. The van der Waals surface area contributed by atoms with E-state index in [4.69, 9.17) is 43.4 Å². The Morgan fingerprint density at radius 2 is 0.733 bits per heavy atom. The van der Waals surface area contributed by atoms with Crippen LogP contribution in [0.1, 0.15) is 25.7 Å². The highest BCUT2D eigenvalue weighted by atomic mass is 32.1. The second-order valence-corrected chi connectivity index (χ2v) is 43.7. The quantitative estimate of drug-likeness (QED) is 0.0778. The first kappa shape index (κ1) is 73.3. The number of amides is 4. The van der Waals surface area contributed by atoms with Crippen LogP contribution in [-0.2, 0) is 18.9 Å². The summed E-state index contributed by atoms with van der Waals surface area (Å²) in [4.78, 5) is 25.8. The van der Waals surface area contributed by atoms with Crippen molar-refractivity contribution >= 4 is 99.5 Å². The van der Waals surface area contributed by atoms with Gasteiger partial charge in [-0.3, -0.25) is 0 Å². The topological polar surface area (TPSA) is 312 Å². The zero-order chi connectivity index (χ0) is 64.9. The van der Waals surface area contributed by atoms with Gasteiger partial charge >= 0.3 is 12.1 Å². The monoisotopic (exact) mass is 1320 g/mol. The maximum atomic E-state index is 11.5. The molecule has 0 bridgehead atoms. The Morgan fingerprint density at radius 1 is 0.442 bits per heavy atom. The molecule has 22 nitrogen and oxygen atoms in total. The van der Waals surface area contributed by atoms with Gasteiger partial charge in [-0.1, -0.05) is 26.3 Å². The van der Waals surface area contributed by atoms with Crippen molar-refractivity contribution in [1.82, 2.24) is 41.7 Å². The van der Waals surface area contributed by atoms with Crippen molar-refractivity contribution in [3.63, 3.8) is 0 Å². The molecule has 16 atom stereocenters. The third-order valence-electron chi connectivity index (χ3n) is 15.2. The van der Waals surface area contributed by atoms with Crippen molar-refractivity contribution in [2.75, 3.05) is 92.1 Å². The van der Waals surface area contributed by atoms with E-state index in [2.05, 4.69) is 137 Å². The fraction of sp³-hybridized carbons (Fsp3) is 0.586. The molecule has 14 N–H and O–H groups in total. The Hall–Kier alpha value is -3.44. The Balaban J connectivity index is 0.000000209. The molecule has 86 heavy (non-hydrogen) atoms. The maximum absolute atomic E-state index is 11.5. The van der Waals surface area contributed by atoms with E-state index in [1.807, 2.05) is 7.05 Å². The minimum atomic E-state index is -1.22. The molecule has 0 aromatic heterocycles. The third kappa shape index (κ3) is 20.3. The molecule has 4 fully saturated rings. The van der Waals surface area contributed by atoms with Crippen molar-refractivity contribution in [2.24, 2.45) is 0 Å². The van der Waals surface area contributed by atoms with E-state index >= 15 is 0 Å². The second-order valence-electron chi connectivity index (χ2n) is 25.7. The lowest BCUT2D eigenvalue weighted by atomic mass is 9.99. The zero-order valence-electron chi connectivity index (χ0n) is 51.4. The number of rotatable bonds is 16. The molecule has 8 rings (SSSR count). The molecule has 8 aliphatic rings. The first-order valence-corrected chi connectivity index (χ1v) is 41.2. The van der Waals surface area contributed by atoms with Gasteiger partial charge in [0.25, 0.3) is 0 Å². The predicted octanol–water partition coefficient (Wildman–Crippen LogP) is 2.16. The largest absolute Gasteiger partial charge is 0.388 e. The summed E-state index contributed by atoms with van der Waals surface area (Å²) in [5.41, 5.74) is 4.48. The van der Waals surface area contributed by atoms with Crippen molar-refractivity contribution in [3.05, 3.63) is 96.2 Å². The average molecular weight is 1320 g/mol. The highest BCUT2D eigenvalue weighted by molar-refractivity contribution is 7.80. The van der Waals surface area contributed by atoms with E-state index in [1.165, 1.54) is 11.1 Å². The van der Waals surface area contributed by atoms with E-state index in [0.717, 1.165) is 24.6 Å². The predicted molar refractivity (Wildman–Crippen MR) is 363 cm³/mol. The second kappa shape index (κ2) is 30.1. The number of aliphatic hydroxyl groups excluding tert-OH is 8. The van der Waals surface area contributed by atoms with Crippen LogP contribution in [-0.4, -0.2) is 288 Å². The number of carbonyl (C=O) groups is 2. The number of carbonyl (C=O) groups excluding carboxylic acids is 2. The van der Waals surface area contributed by atoms with Crippen LogP contribution in [0.2, 0.25) is 0 Å². The number of urea groups is 2. The van der Waals surface area contributed by atoms with Gasteiger partial charge in [-0.05, 0) is 128 Å². The molecule has 4 unspecified atom stereocenters. The molecule has 0 aliphatic carbocycles. The lowest BCUT2D eigenvalue weighted by Gasteiger charge is -2.30. The summed E-state index contributed by atoms with van der Waals surface area (Å²) in [6.07, 6.45) is 17.4. The summed E-state index contributed by atoms with van der Waals surface area (Å²) in [6, 6.07) is -0.668. The molecule has 4 amide bonds. The van der Waals surface area contributed by atoms with Gasteiger partial charge in [0.2, 0.25) is 0 Å². The number of hydrogen-bond donors (Lipinski definition) is 14. The Kier molecular flexibility index (Phi) is 25.7. The van der Waals surface area contributed by atoms with Gasteiger partial charge in [0, 0.05) is 84.0 Å². The van der Waals surface area contributed by atoms with Gasteiger partial charge in [-0.25, -0.2) is 9.59 Å². The van der Waals surface area contributed by atoms with Crippen molar-refractivity contribution in [2.45, 2.75) is 123 Å². The van der Waals surface area contributed by atoms with Crippen LogP contribution in [0.4, 0.5) is 9.59 Å². The molecule has 0 spiro atoms. The molecule has 8 aliphatic heterocycles. The van der Waals surface area contributed by atoms with Crippen LogP contribution in [0, 0.1) is 0 Å². The average Bonchev–Trinajstić information content (AvgIpc) is 3.44. The van der Waals surface area contributed by atoms with E-state index in [0.29, 0.717) is 81.0 Å². The van der Waals surface area contributed by atoms with Gasteiger partial charge < -0.3 is 102 Å². The van der Waals surface area contributed by atoms with Crippen LogP contribution in [0.5, 0.6) is 0 Å². The fourth-order valence-electron chi connectivity index (χ4n) is 10.1. The molecule has 0 saturated carbocycles. The molecule has 484 valence electrons. The number of aliphatic hydroxyl groups is 8. The van der Waals surface area contributed by atoms with Gasteiger partial charge in [-0.2, -0.15) is 0 Å². The summed E-state index contributed by atoms with van der Waals surface area (Å²) < 4.78 is 23.4. The number of nitrogens with zero attached hydrogens (tertiary/aromatic N) is 2. The molecule has 0 radical (unpaired) electrons. The number of thiocarbonyl (C=S) groups is 2. The lowest BCUT2D eigenvalue weighted by molar-refractivity contribution is 0.0187. The van der Waals surface area contributed by atoms with E-state index in [9.17, 15) is 50.4 Å². The minimum absolute atomic E-state index is 0.290. The van der Waals surface area contributed by atoms with E-state index in [1.54, 1.807) is 30.5 Å². The smallest absolute Gasteiger partial charge is 0.325 e.